The summed E-state index contributed by atoms with van der Waals surface area (Å²) in [7, 11) is 0. The first-order valence-electron chi connectivity index (χ1n) is 7.63. The van der Waals surface area contributed by atoms with E-state index in [0.717, 1.165) is 5.56 Å². The maximum Gasteiger partial charge on any atom is 0.261 e. The number of anilines is 2. The molecule has 0 radical (unpaired) electrons. The lowest BCUT2D eigenvalue weighted by Crippen LogP contribution is -2.15. The van der Waals surface area contributed by atoms with Crippen molar-refractivity contribution >= 4 is 23.2 Å². The molecular weight excluding hydrogens is 294 g/mol. The van der Waals surface area contributed by atoms with E-state index < -0.39 is 0 Å². The van der Waals surface area contributed by atoms with Crippen molar-refractivity contribution in [1.29, 1.82) is 0 Å². The predicted molar refractivity (Wildman–Crippen MR) is 88.7 cm³/mol. The van der Waals surface area contributed by atoms with Crippen molar-refractivity contribution in [2.75, 3.05) is 10.6 Å². The van der Waals surface area contributed by atoms with Crippen LogP contribution in [0.3, 0.4) is 0 Å². The minimum absolute atomic E-state index is 0.0473. The third-order valence-corrected chi connectivity index (χ3v) is 3.57. The smallest absolute Gasteiger partial charge is 0.261 e. The standard InChI is InChI=1S/C17H21N3O3/c1-5-13-16(11(4)23-20-13)17(22)19-14-8-7-12(9-10(14)3)18-15(21)6-2/h7-9H,5-6H2,1-4H3,(H,18,21)(H,19,22). The van der Waals surface area contributed by atoms with Crippen LogP contribution in [0.5, 0.6) is 0 Å². The van der Waals surface area contributed by atoms with E-state index in [-0.39, 0.29) is 11.8 Å². The molecule has 1 aromatic carbocycles. The number of nitrogens with one attached hydrogen (secondary N) is 2. The first-order valence-corrected chi connectivity index (χ1v) is 7.63. The first kappa shape index (κ1) is 16.7. The van der Waals surface area contributed by atoms with Gasteiger partial charge in [0.1, 0.15) is 11.3 Å². The van der Waals surface area contributed by atoms with Crippen molar-refractivity contribution in [3.63, 3.8) is 0 Å². The molecule has 6 heteroatoms. The summed E-state index contributed by atoms with van der Waals surface area (Å²) in [6.07, 6.45) is 1.05. The maximum absolute atomic E-state index is 12.5. The number of carbonyl (C=O) groups is 2. The molecule has 0 aliphatic heterocycles. The number of nitrogens with zero attached hydrogens (tertiary/aromatic N) is 1. The highest BCUT2D eigenvalue weighted by molar-refractivity contribution is 6.06. The lowest BCUT2D eigenvalue weighted by molar-refractivity contribution is -0.115. The van der Waals surface area contributed by atoms with Gasteiger partial charge in [0.25, 0.3) is 5.91 Å². The van der Waals surface area contributed by atoms with Gasteiger partial charge in [0, 0.05) is 17.8 Å². The van der Waals surface area contributed by atoms with Crippen molar-refractivity contribution in [3.8, 4) is 0 Å². The maximum atomic E-state index is 12.5. The van der Waals surface area contributed by atoms with Crippen LogP contribution in [0.15, 0.2) is 22.7 Å². The summed E-state index contributed by atoms with van der Waals surface area (Å²) in [6, 6.07) is 5.36. The summed E-state index contributed by atoms with van der Waals surface area (Å²) >= 11 is 0. The molecule has 2 N–H and O–H groups in total. The Hall–Kier alpha value is -2.63. The molecule has 0 saturated heterocycles. The quantitative estimate of drug-likeness (QED) is 0.885. The van der Waals surface area contributed by atoms with Crippen LogP contribution < -0.4 is 10.6 Å². The number of rotatable bonds is 5. The van der Waals surface area contributed by atoms with E-state index in [9.17, 15) is 9.59 Å². The van der Waals surface area contributed by atoms with Crippen molar-refractivity contribution < 1.29 is 14.1 Å². The summed E-state index contributed by atoms with van der Waals surface area (Å²) in [4.78, 5) is 23.9. The Morgan fingerprint density at radius 1 is 1.17 bits per heavy atom. The molecule has 0 unspecified atom stereocenters. The van der Waals surface area contributed by atoms with Crippen LogP contribution in [0.2, 0.25) is 0 Å². The number of benzene rings is 1. The van der Waals surface area contributed by atoms with Gasteiger partial charge >= 0.3 is 0 Å². The van der Waals surface area contributed by atoms with E-state index >= 15 is 0 Å². The predicted octanol–water partition coefficient (Wildman–Crippen LogP) is 3.45. The van der Waals surface area contributed by atoms with Gasteiger partial charge in [0.05, 0.1) is 5.69 Å². The average Bonchev–Trinajstić information content (AvgIpc) is 2.90. The summed E-state index contributed by atoms with van der Waals surface area (Å²) in [5.41, 5.74) is 3.38. The molecule has 2 amide bonds. The third-order valence-electron chi connectivity index (χ3n) is 3.57. The number of carbonyl (C=O) groups excluding carboxylic acids is 2. The molecular formula is C17H21N3O3. The first-order chi connectivity index (χ1) is 11.0. The number of hydrogen-bond donors (Lipinski definition) is 2. The summed E-state index contributed by atoms with van der Waals surface area (Å²) in [5, 5.41) is 9.55. The highest BCUT2D eigenvalue weighted by atomic mass is 16.5. The normalized spacial score (nSPS) is 10.4. The second kappa shape index (κ2) is 7.09. The van der Waals surface area contributed by atoms with Gasteiger partial charge in [-0.15, -0.1) is 0 Å². The van der Waals surface area contributed by atoms with Gasteiger partial charge in [-0.2, -0.15) is 0 Å². The minimum Gasteiger partial charge on any atom is -0.361 e. The van der Waals surface area contributed by atoms with Crippen LogP contribution in [0.1, 0.15) is 47.6 Å². The third kappa shape index (κ3) is 3.77. The van der Waals surface area contributed by atoms with Crippen molar-refractivity contribution in [2.45, 2.75) is 40.5 Å². The monoisotopic (exact) mass is 315 g/mol. The van der Waals surface area contributed by atoms with Crippen molar-refractivity contribution in [1.82, 2.24) is 5.16 Å². The molecule has 1 heterocycles. The Morgan fingerprint density at radius 2 is 1.91 bits per heavy atom. The molecule has 0 aliphatic carbocycles. The number of aryl methyl sites for hydroxylation is 3. The Balaban J connectivity index is 2.18. The second-order valence-electron chi connectivity index (χ2n) is 5.30. The minimum atomic E-state index is -0.242. The van der Waals surface area contributed by atoms with E-state index in [1.807, 2.05) is 19.9 Å². The van der Waals surface area contributed by atoms with Crippen molar-refractivity contribution in [3.05, 3.63) is 40.8 Å². The Labute approximate surface area is 135 Å². The van der Waals surface area contributed by atoms with Crippen LogP contribution in [0.25, 0.3) is 0 Å². The summed E-state index contributed by atoms with van der Waals surface area (Å²) < 4.78 is 5.09. The molecule has 2 aromatic rings. The Bertz CT molecular complexity index is 735. The van der Waals surface area contributed by atoms with Gasteiger partial charge in [-0.3, -0.25) is 9.59 Å². The molecule has 6 nitrogen and oxygen atoms in total. The van der Waals surface area contributed by atoms with Gasteiger partial charge in [-0.25, -0.2) is 0 Å². The topological polar surface area (TPSA) is 84.2 Å². The summed E-state index contributed by atoms with van der Waals surface area (Å²) in [5.74, 6) is 0.215. The molecule has 0 saturated carbocycles. The zero-order valence-electron chi connectivity index (χ0n) is 13.8. The number of aromatic nitrogens is 1. The fourth-order valence-corrected chi connectivity index (χ4v) is 2.27. The molecule has 0 atom stereocenters. The van der Waals surface area contributed by atoms with Gasteiger partial charge in [-0.05, 0) is 44.0 Å². The van der Waals surface area contributed by atoms with Gasteiger partial charge in [0.15, 0.2) is 0 Å². The zero-order chi connectivity index (χ0) is 17.0. The lowest BCUT2D eigenvalue weighted by atomic mass is 10.1. The van der Waals surface area contributed by atoms with E-state index in [4.69, 9.17) is 4.52 Å². The van der Waals surface area contributed by atoms with E-state index in [2.05, 4.69) is 15.8 Å². The van der Waals surface area contributed by atoms with Crippen LogP contribution >= 0.6 is 0 Å². The van der Waals surface area contributed by atoms with E-state index in [1.165, 1.54) is 0 Å². The van der Waals surface area contributed by atoms with Crippen LogP contribution in [-0.2, 0) is 11.2 Å². The van der Waals surface area contributed by atoms with Gasteiger partial charge < -0.3 is 15.2 Å². The van der Waals surface area contributed by atoms with Crippen molar-refractivity contribution in [2.24, 2.45) is 0 Å². The molecule has 23 heavy (non-hydrogen) atoms. The average molecular weight is 315 g/mol. The van der Waals surface area contributed by atoms with Gasteiger partial charge in [0.2, 0.25) is 5.91 Å². The lowest BCUT2D eigenvalue weighted by Gasteiger charge is -2.11. The molecule has 0 fully saturated rings. The zero-order valence-corrected chi connectivity index (χ0v) is 13.8. The highest BCUT2D eigenvalue weighted by Crippen LogP contribution is 2.22. The molecule has 1 aromatic heterocycles. The largest absolute Gasteiger partial charge is 0.361 e. The Morgan fingerprint density at radius 3 is 2.52 bits per heavy atom. The molecule has 0 aliphatic rings. The van der Waals surface area contributed by atoms with Crippen LogP contribution in [-0.4, -0.2) is 17.0 Å². The molecule has 0 spiro atoms. The fourth-order valence-electron chi connectivity index (χ4n) is 2.27. The number of amides is 2. The highest BCUT2D eigenvalue weighted by Gasteiger charge is 2.19. The van der Waals surface area contributed by atoms with Crippen LogP contribution in [0, 0.1) is 13.8 Å². The van der Waals surface area contributed by atoms with Crippen LogP contribution in [0.4, 0.5) is 11.4 Å². The SMILES string of the molecule is CCC(=O)Nc1ccc(NC(=O)c2c(CC)noc2C)c(C)c1. The number of hydrogen-bond acceptors (Lipinski definition) is 4. The molecule has 122 valence electrons. The van der Waals surface area contributed by atoms with E-state index in [0.29, 0.717) is 41.2 Å². The Kier molecular flexibility index (Phi) is 5.16. The second-order valence-corrected chi connectivity index (χ2v) is 5.30. The molecule has 0 bridgehead atoms. The van der Waals surface area contributed by atoms with Gasteiger partial charge in [-0.1, -0.05) is 19.0 Å². The fraction of sp³-hybridized carbons (Fsp3) is 0.353. The van der Waals surface area contributed by atoms with E-state index in [1.54, 1.807) is 26.0 Å². The summed E-state index contributed by atoms with van der Waals surface area (Å²) in [6.45, 7) is 7.31. The molecule has 2 rings (SSSR count).